The SMILES string of the molecule is CC(OC(=O)[C@@H](NS(=O)(=O)c1ccccc1F)C(C)C)c1nc2ccccc2n1C(F)F. The predicted molar refractivity (Wildman–Crippen MR) is 111 cm³/mol. The van der Waals surface area contributed by atoms with Crippen molar-refractivity contribution in [1.29, 1.82) is 0 Å². The molecule has 2 aromatic carbocycles. The molecule has 2 atom stereocenters. The molecule has 0 fully saturated rings. The first-order valence-electron chi connectivity index (χ1n) is 9.75. The van der Waals surface area contributed by atoms with Crippen molar-refractivity contribution in [2.24, 2.45) is 5.92 Å². The van der Waals surface area contributed by atoms with Crippen LogP contribution in [0, 0.1) is 11.7 Å². The van der Waals surface area contributed by atoms with Gasteiger partial charge >= 0.3 is 12.5 Å². The second-order valence-corrected chi connectivity index (χ2v) is 9.14. The minimum absolute atomic E-state index is 0.168. The van der Waals surface area contributed by atoms with E-state index in [9.17, 15) is 26.4 Å². The Kier molecular flexibility index (Phi) is 6.89. The third-order valence-electron chi connectivity index (χ3n) is 4.80. The Morgan fingerprint density at radius 2 is 1.69 bits per heavy atom. The Bertz CT molecular complexity index is 1230. The van der Waals surface area contributed by atoms with Crippen molar-refractivity contribution in [2.45, 2.75) is 44.4 Å². The molecule has 0 amide bonds. The number of aromatic nitrogens is 2. The van der Waals surface area contributed by atoms with Crippen LogP contribution in [0.3, 0.4) is 0 Å². The molecule has 1 aromatic heterocycles. The second-order valence-electron chi connectivity index (χ2n) is 7.46. The topological polar surface area (TPSA) is 90.3 Å². The Hall–Kier alpha value is -2.92. The number of imidazole rings is 1. The number of nitrogens with zero attached hydrogens (tertiary/aromatic N) is 2. The molecule has 0 saturated heterocycles. The van der Waals surface area contributed by atoms with Gasteiger partial charge in [-0.2, -0.15) is 13.5 Å². The van der Waals surface area contributed by atoms with Crippen molar-refractivity contribution in [3.8, 4) is 0 Å². The molecule has 0 radical (unpaired) electrons. The highest BCUT2D eigenvalue weighted by atomic mass is 32.2. The van der Waals surface area contributed by atoms with Gasteiger partial charge in [-0.1, -0.05) is 38.1 Å². The Morgan fingerprint density at radius 3 is 2.31 bits per heavy atom. The van der Waals surface area contributed by atoms with Gasteiger partial charge in [0.05, 0.1) is 11.0 Å². The van der Waals surface area contributed by atoms with E-state index in [0.29, 0.717) is 10.1 Å². The molecule has 3 aromatic rings. The van der Waals surface area contributed by atoms with E-state index in [1.807, 2.05) is 0 Å². The predicted octanol–water partition coefficient (Wildman–Crippen LogP) is 4.18. The van der Waals surface area contributed by atoms with Gasteiger partial charge in [0, 0.05) is 0 Å². The number of fused-ring (bicyclic) bond motifs is 1. The summed E-state index contributed by atoms with van der Waals surface area (Å²) in [6, 6.07) is 9.57. The molecule has 3 rings (SSSR count). The fourth-order valence-corrected chi connectivity index (χ4v) is 4.62. The minimum atomic E-state index is -4.39. The summed E-state index contributed by atoms with van der Waals surface area (Å²) in [5.74, 6) is -2.74. The van der Waals surface area contributed by atoms with E-state index in [4.69, 9.17) is 4.74 Å². The van der Waals surface area contributed by atoms with Gasteiger partial charge in [0.1, 0.15) is 16.8 Å². The fourth-order valence-electron chi connectivity index (χ4n) is 3.20. The molecule has 32 heavy (non-hydrogen) atoms. The maximum Gasteiger partial charge on any atom is 0.325 e. The molecule has 0 bridgehead atoms. The quantitative estimate of drug-likeness (QED) is 0.500. The van der Waals surface area contributed by atoms with Crippen LogP contribution >= 0.6 is 0 Å². The summed E-state index contributed by atoms with van der Waals surface area (Å²) < 4.78 is 74.7. The largest absolute Gasteiger partial charge is 0.453 e. The van der Waals surface area contributed by atoms with Gasteiger partial charge in [0.2, 0.25) is 10.0 Å². The summed E-state index contributed by atoms with van der Waals surface area (Å²) in [7, 11) is -4.39. The normalized spacial score (nSPS) is 14.1. The second kappa shape index (κ2) is 9.29. The van der Waals surface area contributed by atoms with Crippen LogP contribution in [-0.2, 0) is 19.6 Å². The number of carbonyl (C=O) groups excluding carboxylic acids is 1. The lowest BCUT2D eigenvalue weighted by atomic mass is 10.1. The molecule has 1 N–H and O–H groups in total. The molecular weight excluding hydrogens is 447 g/mol. The monoisotopic (exact) mass is 469 g/mol. The van der Waals surface area contributed by atoms with Crippen molar-refractivity contribution in [3.05, 3.63) is 60.2 Å². The number of carbonyl (C=O) groups is 1. The Labute approximate surface area is 183 Å². The maximum atomic E-state index is 14.0. The summed E-state index contributed by atoms with van der Waals surface area (Å²) in [4.78, 5) is 16.3. The summed E-state index contributed by atoms with van der Waals surface area (Å²) in [5, 5.41) is 0. The number of benzene rings is 2. The number of hydrogen-bond acceptors (Lipinski definition) is 5. The molecular formula is C21H22F3N3O4S. The lowest BCUT2D eigenvalue weighted by molar-refractivity contribution is -0.152. The van der Waals surface area contributed by atoms with Crippen LogP contribution < -0.4 is 4.72 Å². The van der Waals surface area contributed by atoms with E-state index in [1.54, 1.807) is 32.0 Å². The molecule has 11 heteroatoms. The molecule has 7 nitrogen and oxygen atoms in total. The zero-order chi connectivity index (χ0) is 23.6. The number of rotatable bonds is 8. The number of alkyl halides is 2. The van der Waals surface area contributed by atoms with Crippen molar-refractivity contribution in [3.63, 3.8) is 0 Å². The van der Waals surface area contributed by atoms with E-state index in [1.165, 1.54) is 25.1 Å². The first-order chi connectivity index (χ1) is 15.0. The first-order valence-corrected chi connectivity index (χ1v) is 11.2. The highest BCUT2D eigenvalue weighted by Crippen LogP contribution is 2.28. The Balaban J connectivity index is 1.86. The van der Waals surface area contributed by atoms with E-state index in [2.05, 4.69) is 9.71 Å². The highest BCUT2D eigenvalue weighted by Gasteiger charge is 2.33. The molecule has 0 saturated carbocycles. The lowest BCUT2D eigenvalue weighted by Crippen LogP contribution is -2.45. The third-order valence-corrected chi connectivity index (χ3v) is 6.28. The fraction of sp³-hybridized carbons (Fsp3) is 0.333. The van der Waals surface area contributed by atoms with E-state index in [-0.39, 0.29) is 11.3 Å². The molecule has 172 valence electrons. The van der Waals surface area contributed by atoms with Crippen LogP contribution in [0.4, 0.5) is 13.2 Å². The van der Waals surface area contributed by atoms with Gasteiger partial charge in [0.15, 0.2) is 11.9 Å². The maximum absolute atomic E-state index is 14.0. The van der Waals surface area contributed by atoms with Crippen LogP contribution in [0.25, 0.3) is 11.0 Å². The van der Waals surface area contributed by atoms with Gasteiger partial charge < -0.3 is 4.74 Å². The van der Waals surface area contributed by atoms with Crippen LogP contribution in [0.15, 0.2) is 53.4 Å². The number of para-hydroxylation sites is 2. The van der Waals surface area contributed by atoms with E-state index < -0.39 is 51.3 Å². The van der Waals surface area contributed by atoms with Gasteiger partial charge in [-0.3, -0.25) is 9.36 Å². The molecule has 0 aliphatic heterocycles. The smallest absolute Gasteiger partial charge is 0.325 e. The average molecular weight is 469 g/mol. The van der Waals surface area contributed by atoms with Crippen molar-refractivity contribution in [1.82, 2.24) is 14.3 Å². The van der Waals surface area contributed by atoms with Gasteiger partial charge in [-0.25, -0.2) is 17.8 Å². The summed E-state index contributed by atoms with van der Waals surface area (Å²) >= 11 is 0. The molecule has 0 spiro atoms. The van der Waals surface area contributed by atoms with Gasteiger partial charge in [-0.05, 0) is 37.1 Å². The Morgan fingerprint density at radius 1 is 1.06 bits per heavy atom. The van der Waals surface area contributed by atoms with Crippen LogP contribution in [0.2, 0.25) is 0 Å². The minimum Gasteiger partial charge on any atom is -0.453 e. The molecule has 1 heterocycles. The summed E-state index contributed by atoms with van der Waals surface area (Å²) in [6.45, 7) is 1.56. The van der Waals surface area contributed by atoms with Crippen LogP contribution in [-0.4, -0.2) is 30.0 Å². The molecule has 0 aliphatic carbocycles. The summed E-state index contributed by atoms with van der Waals surface area (Å²) in [6.07, 6.45) is -1.21. The number of esters is 1. The van der Waals surface area contributed by atoms with Gasteiger partial charge in [-0.15, -0.1) is 0 Å². The van der Waals surface area contributed by atoms with Crippen LogP contribution in [0.1, 0.15) is 39.2 Å². The van der Waals surface area contributed by atoms with Crippen LogP contribution in [0.5, 0.6) is 0 Å². The van der Waals surface area contributed by atoms with Crippen molar-refractivity contribution >= 4 is 27.0 Å². The average Bonchev–Trinajstić information content (AvgIpc) is 3.12. The number of nitrogens with one attached hydrogen (secondary N) is 1. The number of hydrogen-bond donors (Lipinski definition) is 1. The molecule has 0 aliphatic rings. The zero-order valence-electron chi connectivity index (χ0n) is 17.5. The molecule has 1 unspecified atom stereocenters. The van der Waals surface area contributed by atoms with E-state index >= 15 is 0 Å². The standard InChI is InChI=1S/C21H22F3N3O4S/c1-12(2)18(26-32(29,30)17-11-7-4-8-14(17)22)20(28)31-13(3)19-25-15-9-5-6-10-16(15)27(19)21(23)24/h4-13,18,21,26H,1-3H3/t13?,18-/m0/s1. The van der Waals surface area contributed by atoms with Crippen molar-refractivity contribution < 1.29 is 31.1 Å². The first kappa shape index (κ1) is 23.7. The zero-order valence-corrected chi connectivity index (χ0v) is 18.3. The van der Waals surface area contributed by atoms with Gasteiger partial charge in [0.25, 0.3) is 0 Å². The number of halogens is 3. The highest BCUT2D eigenvalue weighted by molar-refractivity contribution is 7.89. The summed E-state index contributed by atoms with van der Waals surface area (Å²) in [5.41, 5.74) is 0.465. The van der Waals surface area contributed by atoms with E-state index in [0.717, 1.165) is 12.1 Å². The third kappa shape index (κ3) is 4.78. The lowest BCUT2D eigenvalue weighted by Gasteiger charge is -2.23. The van der Waals surface area contributed by atoms with Crippen molar-refractivity contribution in [2.75, 3.05) is 0 Å². The number of ether oxygens (including phenoxy) is 1. The number of sulfonamides is 1.